The fourth-order valence-electron chi connectivity index (χ4n) is 4.79. The quantitative estimate of drug-likeness (QED) is 0.393. The van der Waals surface area contributed by atoms with Crippen molar-refractivity contribution >= 4 is 50.7 Å². The summed E-state index contributed by atoms with van der Waals surface area (Å²) in [6.45, 7) is 5.25. The molecule has 1 N–H and O–H groups in total. The molecule has 2 aromatic rings. The van der Waals surface area contributed by atoms with Gasteiger partial charge in [-0.3, -0.25) is 13.9 Å². The van der Waals surface area contributed by atoms with Gasteiger partial charge in [-0.25, -0.2) is 8.42 Å². The van der Waals surface area contributed by atoms with E-state index in [4.69, 9.17) is 23.2 Å². The van der Waals surface area contributed by atoms with Gasteiger partial charge >= 0.3 is 0 Å². The predicted octanol–water partition coefficient (Wildman–Crippen LogP) is 5.63. The van der Waals surface area contributed by atoms with Crippen LogP contribution in [0.15, 0.2) is 36.4 Å². The molecule has 38 heavy (non-hydrogen) atoms. The van der Waals surface area contributed by atoms with Gasteiger partial charge in [-0.15, -0.1) is 0 Å². The van der Waals surface area contributed by atoms with Crippen LogP contribution in [0, 0.1) is 13.8 Å². The molecule has 1 saturated carbocycles. The highest BCUT2D eigenvalue weighted by Crippen LogP contribution is 2.26. The maximum atomic E-state index is 13.9. The third kappa shape index (κ3) is 7.87. The number of carbonyl (C=O) groups is 2. The van der Waals surface area contributed by atoms with E-state index in [2.05, 4.69) is 5.32 Å². The van der Waals surface area contributed by atoms with Crippen LogP contribution in [0.3, 0.4) is 0 Å². The first-order chi connectivity index (χ1) is 17.9. The first-order valence-corrected chi connectivity index (χ1v) is 15.6. The van der Waals surface area contributed by atoms with Gasteiger partial charge in [0.1, 0.15) is 12.6 Å². The fourth-order valence-corrected chi connectivity index (χ4v) is 6.10. The summed E-state index contributed by atoms with van der Waals surface area (Å²) < 4.78 is 26.7. The maximum absolute atomic E-state index is 13.9. The summed E-state index contributed by atoms with van der Waals surface area (Å²) in [5, 5.41) is 3.95. The van der Waals surface area contributed by atoms with Gasteiger partial charge in [0.05, 0.1) is 11.9 Å². The molecular weight excluding hydrogens is 545 g/mol. The van der Waals surface area contributed by atoms with Crippen LogP contribution in [-0.2, 0) is 26.2 Å². The summed E-state index contributed by atoms with van der Waals surface area (Å²) in [4.78, 5) is 28.8. The number of hydrogen-bond donors (Lipinski definition) is 1. The second-order valence-electron chi connectivity index (χ2n) is 10.1. The van der Waals surface area contributed by atoms with E-state index in [9.17, 15) is 18.0 Å². The van der Waals surface area contributed by atoms with Crippen molar-refractivity contribution in [3.63, 3.8) is 0 Å². The molecule has 0 aliphatic heterocycles. The first kappa shape index (κ1) is 30.3. The average Bonchev–Trinajstić information content (AvgIpc) is 2.85. The Balaban J connectivity index is 1.95. The molecule has 1 atom stereocenters. The second kappa shape index (κ2) is 13.2. The van der Waals surface area contributed by atoms with Gasteiger partial charge in [-0.05, 0) is 74.1 Å². The molecule has 10 heteroatoms. The standard InChI is InChI=1S/C28H37Cl2N3O4S/c1-5-26(28(35)31-23-9-7-6-8-10-23)32(17-21-12-13-22(29)16-25(21)30)27(34)18-33(38(4,36)37)24-14-11-19(2)20(3)15-24/h11-16,23,26H,5-10,17-18H2,1-4H3,(H,31,35)/t26-/m0/s1. The lowest BCUT2D eigenvalue weighted by Gasteiger charge is -2.34. The molecule has 7 nitrogen and oxygen atoms in total. The third-order valence-electron chi connectivity index (χ3n) is 7.15. The van der Waals surface area contributed by atoms with Crippen LogP contribution >= 0.6 is 23.2 Å². The Hall–Kier alpha value is -2.29. The molecule has 208 valence electrons. The summed E-state index contributed by atoms with van der Waals surface area (Å²) >= 11 is 12.5. The van der Waals surface area contributed by atoms with E-state index in [0.29, 0.717) is 27.7 Å². The molecular formula is C28H37Cl2N3O4S. The number of nitrogens with one attached hydrogen (secondary N) is 1. The predicted molar refractivity (Wildman–Crippen MR) is 154 cm³/mol. The molecule has 1 fully saturated rings. The van der Waals surface area contributed by atoms with E-state index in [1.54, 1.807) is 30.3 Å². The van der Waals surface area contributed by atoms with E-state index in [-0.39, 0.29) is 18.5 Å². The van der Waals surface area contributed by atoms with Crippen molar-refractivity contribution in [3.05, 3.63) is 63.1 Å². The number of nitrogens with zero attached hydrogens (tertiary/aromatic N) is 2. The Morgan fingerprint density at radius 1 is 1.03 bits per heavy atom. The Kier molecular flexibility index (Phi) is 10.5. The molecule has 0 heterocycles. The lowest BCUT2D eigenvalue weighted by molar-refractivity contribution is -0.140. The summed E-state index contributed by atoms with van der Waals surface area (Å²) in [5.74, 6) is -0.736. The minimum Gasteiger partial charge on any atom is -0.352 e. The minimum absolute atomic E-state index is 0.0377. The number of carbonyl (C=O) groups excluding carboxylic acids is 2. The van der Waals surface area contributed by atoms with Crippen molar-refractivity contribution in [2.45, 2.75) is 77.9 Å². The van der Waals surface area contributed by atoms with Crippen molar-refractivity contribution in [3.8, 4) is 0 Å². The Morgan fingerprint density at radius 2 is 1.71 bits per heavy atom. The number of anilines is 1. The summed E-state index contributed by atoms with van der Waals surface area (Å²) in [5.41, 5.74) is 2.93. The van der Waals surface area contributed by atoms with Crippen LogP contribution in [0.4, 0.5) is 5.69 Å². The number of sulfonamides is 1. The van der Waals surface area contributed by atoms with Gasteiger partial charge < -0.3 is 10.2 Å². The molecule has 1 aliphatic rings. The van der Waals surface area contributed by atoms with Crippen molar-refractivity contribution < 1.29 is 18.0 Å². The zero-order valence-corrected chi connectivity index (χ0v) is 24.8. The number of halogens is 2. The minimum atomic E-state index is -3.80. The van der Waals surface area contributed by atoms with E-state index in [1.165, 1.54) is 4.90 Å². The van der Waals surface area contributed by atoms with Crippen LogP contribution in [0.1, 0.15) is 62.1 Å². The highest BCUT2D eigenvalue weighted by atomic mass is 35.5. The van der Waals surface area contributed by atoms with Crippen molar-refractivity contribution in [2.24, 2.45) is 0 Å². The molecule has 3 rings (SSSR count). The normalized spacial score (nSPS) is 15.1. The molecule has 0 aromatic heterocycles. The Bertz CT molecular complexity index is 1260. The number of amides is 2. The van der Waals surface area contributed by atoms with Crippen LogP contribution in [0.2, 0.25) is 10.0 Å². The number of benzene rings is 2. The first-order valence-electron chi connectivity index (χ1n) is 13.0. The molecule has 2 amide bonds. The third-order valence-corrected chi connectivity index (χ3v) is 8.88. The van der Waals surface area contributed by atoms with Crippen molar-refractivity contribution in [1.82, 2.24) is 10.2 Å². The molecule has 0 spiro atoms. The molecule has 0 radical (unpaired) electrons. The Labute approximate surface area is 236 Å². The van der Waals surface area contributed by atoms with Gasteiger partial charge in [0.25, 0.3) is 0 Å². The lowest BCUT2D eigenvalue weighted by atomic mass is 9.95. The van der Waals surface area contributed by atoms with E-state index in [1.807, 2.05) is 26.8 Å². The lowest BCUT2D eigenvalue weighted by Crippen LogP contribution is -2.54. The fraction of sp³-hybridized carbons (Fsp3) is 0.500. The number of rotatable bonds is 10. The summed E-state index contributed by atoms with van der Waals surface area (Å²) in [6, 6.07) is 9.51. The molecule has 0 saturated heterocycles. The highest BCUT2D eigenvalue weighted by molar-refractivity contribution is 7.92. The van der Waals surface area contributed by atoms with Gasteiger partial charge in [0.15, 0.2) is 0 Å². The van der Waals surface area contributed by atoms with E-state index in [0.717, 1.165) is 53.8 Å². The number of hydrogen-bond acceptors (Lipinski definition) is 4. The van der Waals surface area contributed by atoms with Crippen LogP contribution in [0.25, 0.3) is 0 Å². The summed E-state index contributed by atoms with van der Waals surface area (Å²) in [7, 11) is -3.80. The maximum Gasteiger partial charge on any atom is 0.244 e. The molecule has 2 aromatic carbocycles. The smallest absolute Gasteiger partial charge is 0.244 e. The van der Waals surface area contributed by atoms with Crippen LogP contribution in [-0.4, -0.2) is 50.0 Å². The van der Waals surface area contributed by atoms with E-state index < -0.39 is 28.5 Å². The SMILES string of the molecule is CC[C@@H](C(=O)NC1CCCCC1)N(Cc1ccc(Cl)cc1Cl)C(=O)CN(c1ccc(C)c(C)c1)S(C)(=O)=O. The van der Waals surface area contributed by atoms with Crippen molar-refractivity contribution in [1.29, 1.82) is 0 Å². The zero-order chi connectivity index (χ0) is 28.0. The van der Waals surface area contributed by atoms with E-state index >= 15 is 0 Å². The highest BCUT2D eigenvalue weighted by Gasteiger charge is 2.33. The largest absolute Gasteiger partial charge is 0.352 e. The van der Waals surface area contributed by atoms with Crippen LogP contribution in [0.5, 0.6) is 0 Å². The van der Waals surface area contributed by atoms with Gasteiger partial charge in [0.2, 0.25) is 21.8 Å². The number of aryl methyl sites for hydroxylation is 2. The summed E-state index contributed by atoms with van der Waals surface area (Å²) in [6.07, 6.45) is 6.53. The van der Waals surface area contributed by atoms with Crippen molar-refractivity contribution in [2.75, 3.05) is 17.1 Å². The second-order valence-corrected chi connectivity index (χ2v) is 12.8. The van der Waals surface area contributed by atoms with Gasteiger partial charge in [-0.1, -0.05) is 61.5 Å². The monoisotopic (exact) mass is 581 g/mol. The molecule has 0 unspecified atom stereocenters. The van der Waals surface area contributed by atoms with Gasteiger partial charge in [-0.2, -0.15) is 0 Å². The average molecular weight is 583 g/mol. The molecule has 0 bridgehead atoms. The van der Waals surface area contributed by atoms with Crippen LogP contribution < -0.4 is 9.62 Å². The van der Waals surface area contributed by atoms with Gasteiger partial charge in [0, 0.05) is 22.6 Å². The molecule has 1 aliphatic carbocycles. The Morgan fingerprint density at radius 3 is 2.29 bits per heavy atom. The topological polar surface area (TPSA) is 86.8 Å². The zero-order valence-electron chi connectivity index (χ0n) is 22.5.